The summed E-state index contributed by atoms with van der Waals surface area (Å²) in [6, 6.07) is -0.430. The number of ketones is 2. The van der Waals surface area contributed by atoms with Crippen molar-refractivity contribution in [3.05, 3.63) is 23.0 Å². The molecule has 2 aliphatic heterocycles. The molecule has 1 spiro atoms. The number of likely N-dealkylation sites (N-methyl/N-ethyl adjacent to an activating group) is 1. The molecular formula is C17H19NO6. The average molecular weight is 333 g/mol. The molecule has 2 saturated carbocycles. The number of aliphatic hydroxyl groups is 3. The number of hydrogen-bond donors (Lipinski definition) is 3. The first-order valence-corrected chi connectivity index (χ1v) is 8.31. The molecule has 2 bridgehead atoms. The smallest absolute Gasteiger partial charge is 0.226 e. The Balaban J connectivity index is 1.81. The van der Waals surface area contributed by atoms with Gasteiger partial charge in [0.25, 0.3) is 0 Å². The molecule has 0 aromatic carbocycles. The van der Waals surface area contributed by atoms with E-state index in [0.29, 0.717) is 24.1 Å². The number of piperidine rings is 1. The third-order valence-corrected chi connectivity index (χ3v) is 6.64. The summed E-state index contributed by atoms with van der Waals surface area (Å²) in [4.78, 5) is 27.3. The molecule has 5 atom stereocenters. The fraction of sp³-hybridized carbons (Fsp3) is 0.647. The van der Waals surface area contributed by atoms with Crippen molar-refractivity contribution >= 4 is 11.6 Å². The summed E-state index contributed by atoms with van der Waals surface area (Å²) in [7, 11) is 1.87. The summed E-state index contributed by atoms with van der Waals surface area (Å²) in [5, 5.41) is 31.1. The van der Waals surface area contributed by atoms with E-state index >= 15 is 0 Å². The summed E-state index contributed by atoms with van der Waals surface area (Å²) in [5.74, 6) is -2.98. The van der Waals surface area contributed by atoms with Crippen molar-refractivity contribution in [3.63, 3.8) is 0 Å². The van der Waals surface area contributed by atoms with Crippen molar-refractivity contribution in [2.75, 3.05) is 13.6 Å². The molecule has 5 aliphatic rings. The zero-order valence-corrected chi connectivity index (χ0v) is 13.2. The Morgan fingerprint density at radius 1 is 1.33 bits per heavy atom. The Kier molecular flexibility index (Phi) is 2.56. The largest absolute Gasteiger partial charge is 0.485 e. The van der Waals surface area contributed by atoms with Gasteiger partial charge in [0.15, 0.2) is 17.3 Å². The highest BCUT2D eigenvalue weighted by atomic mass is 16.6. The predicted molar refractivity (Wildman–Crippen MR) is 79.4 cm³/mol. The van der Waals surface area contributed by atoms with Crippen LogP contribution in [0.5, 0.6) is 0 Å². The summed E-state index contributed by atoms with van der Waals surface area (Å²) in [6.07, 6.45) is -0.00494. The van der Waals surface area contributed by atoms with Crippen molar-refractivity contribution in [3.8, 4) is 0 Å². The lowest BCUT2D eigenvalue weighted by molar-refractivity contribution is -0.186. The monoisotopic (exact) mass is 333 g/mol. The van der Waals surface area contributed by atoms with Crippen LogP contribution in [0, 0.1) is 11.3 Å². The molecule has 0 aromatic rings. The van der Waals surface area contributed by atoms with Gasteiger partial charge in [0.2, 0.25) is 5.79 Å². The van der Waals surface area contributed by atoms with E-state index in [2.05, 4.69) is 0 Å². The zero-order valence-electron chi connectivity index (χ0n) is 13.2. The zero-order chi connectivity index (χ0) is 17.0. The fourth-order valence-electron chi connectivity index (χ4n) is 5.60. The summed E-state index contributed by atoms with van der Waals surface area (Å²) in [5.41, 5.74) is 0.298. The van der Waals surface area contributed by atoms with Crippen LogP contribution in [-0.2, 0) is 14.3 Å². The molecule has 7 heteroatoms. The van der Waals surface area contributed by atoms with Crippen LogP contribution in [0.4, 0.5) is 0 Å². The van der Waals surface area contributed by atoms with Crippen LogP contribution in [0.1, 0.15) is 19.3 Å². The van der Waals surface area contributed by atoms with Crippen molar-refractivity contribution in [1.29, 1.82) is 0 Å². The van der Waals surface area contributed by atoms with Crippen LogP contribution in [0.2, 0.25) is 0 Å². The quantitative estimate of drug-likeness (QED) is 0.482. The summed E-state index contributed by atoms with van der Waals surface area (Å²) < 4.78 is 5.81. The van der Waals surface area contributed by atoms with Crippen molar-refractivity contribution in [2.45, 2.75) is 43.3 Å². The molecule has 0 radical (unpaired) electrons. The van der Waals surface area contributed by atoms with Gasteiger partial charge in [-0.1, -0.05) is 6.08 Å². The Morgan fingerprint density at radius 2 is 2.08 bits per heavy atom. The SMILES string of the molecule is CN1CC[C@]23C4=C5O[C@H]2[C@@H](O)C(=O)C[C@H]3[C@H]1C(=O)C4=CCC5(O)O. The summed E-state index contributed by atoms with van der Waals surface area (Å²) in [6.45, 7) is 0.627. The number of nitrogens with zero attached hydrogens (tertiary/aromatic N) is 1. The second kappa shape index (κ2) is 4.16. The van der Waals surface area contributed by atoms with Gasteiger partial charge in [0.05, 0.1) is 6.04 Å². The van der Waals surface area contributed by atoms with E-state index in [-0.39, 0.29) is 36.1 Å². The molecule has 24 heavy (non-hydrogen) atoms. The highest BCUT2D eigenvalue weighted by molar-refractivity contribution is 6.07. The second-order valence-corrected chi connectivity index (χ2v) is 7.68. The minimum atomic E-state index is -2.20. The highest BCUT2D eigenvalue weighted by Crippen LogP contribution is 2.65. The van der Waals surface area contributed by atoms with E-state index in [1.165, 1.54) is 0 Å². The van der Waals surface area contributed by atoms with Crippen molar-refractivity contribution < 1.29 is 29.6 Å². The van der Waals surface area contributed by atoms with Gasteiger partial charge in [0, 0.05) is 35.3 Å². The van der Waals surface area contributed by atoms with Gasteiger partial charge in [-0.2, -0.15) is 0 Å². The van der Waals surface area contributed by atoms with E-state index < -0.39 is 29.5 Å². The molecule has 3 N–H and O–H groups in total. The molecule has 3 aliphatic carbocycles. The minimum absolute atomic E-state index is 0.0416. The Labute approximate surface area is 138 Å². The Hall–Kier alpha value is -1.54. The van der Waals surface area contributed by atoms with Gasteiger partial charge < -0.3 is 20.1 Å². The molecule has 0 amide bonds. The molecule has 1 saturated heterocycles. The minimum Gasteiger partial charge on any atom is -0.485 e. The number of carbonyl (C=O) groups excluding carboxylic acids is 2. The Bertz CT molecular complexity index is 752. The lowest BCUT2D eigenvalue weighted by Crippen LogP contribution is -2.68. The number of hydrogen-bond acceptors (Lipinski definition) is 7. The van der Waals surface area contributed by atoms with Crippen LogP contribution < -0.4 is 0 Å². The van der Waals surface area contributed by atoms with Crippen LogP contribution in [-0.4, -0.2) is 69.4 Å². The maximum Gasteiger partial charge on any atom is 0.226 e. The van der Waals surface area contributed by atoms with Gasteiger partial charge in [-0.25, -0.2) is 0 Å². The number of aliphatic hydroxyl groups excluding tert-OH is 1. The Morgan fingerprint density at radius 3 is 2.83 bits per heavy atom. The van der Waals surface area contributed by atoms with E-state index in [4.69, 9.17) is 4.74 Å². The third kappa shape index (κ3) is 1.40. The van der Waals surface area contributed by atoms with Gasteiger partial charge in [-0.05, 0) is 20.0 Å². The first-order valence-electron chi connectivity index (χ1n) is 8.31. The molecule has 5 rings (SSSR count). The molecule has 128 valence electrons. The molecule has 7 nitrogen and oxygen atoms in total. The van der Waals surface area contributed by atoms with Crippen LogP contribution in [0.25, 0.3) is 0 Å². The first kappa shape index (κ1) is 14.8. The predicted octanol–water partition coefficient (Wildman–Crippen LogP) is -1.13. The number of carbonyl (C=O) groups is 2. The molecule has 0 unspecified atom stereocenters. The molecular weight excluding hydrogens is 314 g/mol. The van der Waals surface area contributed by atoms with E-state index in [1.807, 2.05) is 11.9 Å². The number of likely N-dealkylation sites (tertiary alicyclic amines) is 1. The van der Waals surface area contributed by atoms with E-state index in [0.717, 1.165) is 0 Å². The van der Waals surface area contributed by atoms with Crippen molar-refractivity contribution in [1.82, 2.24) is 4.90 Å². The highest BCUT2D eigenvalue weighted by Gasteiger charge is 2.71. The van der Waals surface area contributed by atoms with E-state index in [1.54, 1.807) is 6.08 Å². The molecule has 0 aromatic heterocycles. The van der Waals surface area contributed by atoms with Crippen LogP contribution >= 0.6 is 0 Å². The second-order valence-electron chi connectivity index (χ2n) is 7.68. The third-order valence-electron chi connectivity index (χ3n) is 6.64. The maximum atomic E-state index is 13.1. The lowest BCUT2D eigenvalue weighted by atomic mass is 9.49. The van der Waals surface area contributed by atoms with Gasteiger partial charge >= 0.3 is 0 Å². The van der Waals surface area contributed by atoms with Gasteiger partial charge in [0.1, 0.15) is 12.2 Å². The van der Waals surface area contributed by atoms with Gasteiger partial charge in [-0.15, -0.1) is 0 Å². The molecule has 3 fully saturated rings. The molecule has 2 heterocycles. The van der Waals surface area contributed by atoms with Crippen LogP contribution in [0.3, 0.4) is 0 Å². The van der Waals surface area contributed by atoms with E-state index in [9.17, 15) is 24.9 Å². The number of Topliss-reactive ketones (excluding diaryl/α,β-unsaturated/α-hetero) is 2. The first-order chi connectivity index (χ1) is 11.3. The van der Waals surface area contributed by atoms with Crippen molar-refractivity contribution in [2.24, 2.45) is 11.3 Å². The lowest BCUT2D eigenvalue weighted by Gasteiger charge is -2.58. The number of ether oxygens (including phenoxy) is 1. The van der Waals surface area contributed by atoms with Crippen LogP contribution in [0.15, 0.2) is 23.0 Å². The number of rotatable bonds is 0. The normalized spacial score (nSPS) is 45.8. The van der Waals surface area contributed by atoms with Gasteiger partial charge in [-0.3, -0.25) is 14.5 Å². The summed E-state index contributed by atoms with van der Waals surface area (Å²) >= 11 is 0. The topological polar surface area (TPSA) is 107 Å². The maximum absolute atomic E-state index is 13.1. The fourth-order valence-corrected chi connectivity index (χ4v) is 5.60. The standard InChI is InChI=1S/C17H19NO6/c1-18-5-4-16-8-6-9(19)13(21)15(16)24-14-10(16)7(12(20)11(8)18)2-3-17(14,22)23/h2,8,11,13,15,21-23H,3-6H2,1H3/t8-,11-,13-,15-,16-/m0/s1. The average Bonchev–Trinajstić information content (AvgIpc) is 2.87.